The highest BCUT2D eigenvalue weighted by Gasteiger charge is 2.42. The van der Waals surface area contributed by atoms with Crippen LogP contribution in [-0.4, -0.2) is 39.4 Å². The monoisotopic (exact) mass is 263 g/mol. The summed E-state index contributed by atoms with van der Waals surface area (Å²) in [5.41, 5.74) is 0.402. The first-order valence-corrected chi connectivity index (χ1v) is 6.76. The molecular formula is C15H21NO3. The number of nitrogens with zero attached hydrogens (tertiary/aromatic N) is 1. The van der Waals surface area contributed by atoms with Crippen molar-refractivity contribution >= 4 is 6.09 Å². The first-order valence-electron chi connectivity index (χ1n) is 6.76. The van der Waals surface area contributed by atoms with Crippen molar-refractivity contribution in [2.75, 3.05) is 6.54 Å². The number of aryl methyl sites for hydroxylation is 1. The predicted octanol–water partition coefficient (Wildman–Crippen LogP) is 2.51. The van der Waals surface area contributed by atoms with E-state index in [0.29, 0.717) is 12.8 Å². The van der Waals surface area contributed by atoms with Crippen molar-refractivity contribution in [3.8, 4) is 0 Å². The van der Waals surface area contributed by atoms with E-state index in [4.69, 9.17) is 5.11 Å². The number of β-amino-alcohol motifs (C(OH)–C–C–N with tert-alkyl or cyclic N) is 1. The van der Waals surface area contributed by atoms with Crippen LogP contribution in [0.2, 0.25) is 0 Å². The average molecular weight is 263 g/mol. The van der Waals surface area contributed by atoms with Crippen LogP contribution in [0.1, 0.15) is 31.7 Å². The number of amides is 1. The molecule has 1 aliphatic heterocycles. The summed E-state index contributed by atoms with van der Waals surface area (Å²) in [5.74, 6) is 0. The molecule has 0 spiro atoms. The summed E-state index contributed by atoms with van der Waals surface area (Å²) in [6.07, 6.45) is 2.04. The maximum absolute atomic E-state index is 11.0. The Balaban J connectivity index is 1.84. The first kappa shape index (κ1) is 13.9. The number of hydrogen-bond donors (Lipinski definition) is 2. The molecule has 1 heterocycles. The van der Waals surface area contributed by atoms with Gasteiger partial charge in [0.05, 0.1) is 12.1 Å². The first-order chi connectivity index (χ1) is 9.00. The van der Waals surface area contributed by atoms with E-state index in [1.165, 1.54) is 10.5 Å². The van der Waals surface area contributed by atoms with Crippen molar-refractivity contribution in [3.05, 3.63) is 35.9 Å². The second kappa shape index (κ2) is 5.61. The highest BCUT2D eigenvalue weighted by molar-refractivity contribution is 5.66. The summed E-state index contributed by atoms with van der Waals surface area (Å²) < 4.78 is 0. The molecule has 104 valence electrons. The van der Waals surface area contributed by atoms with Crippen molar-refractivity contribution in [2.45, 2.75) is 44.2 Å². The fraction of sp³-hybridized carbons (Fsp3) is 0.533. The molecule has 2 N–H and O–H groups in total. The molecule has 19 heavy (non-hydrogen) atoms. The van der Waals surface area contributed by atoms with Gasteiger partial charge in [-0.05, 0) is 38.2 Å². The Kier molecular flexibility index (Phi) is 4.10. The van der Waals surface area contributed by atoms with Crippen LogP contribution >= 0.6 is 0 Å². The number of benzene rings is 1. The Hall–Kier alpha value is -1.55. The van der Waals surface area contributed by atoms with Crippen molar-refractivity contribution in [3.63, 3.8) is 0 Å². The molecule has 0 bridgehead atoms. The van der Waals surface area contributed by atoms with Crippen LogP contribution in [0.5, 0.6) is 0 Å². The Morgan fingerprint density at radius 2 is 2.11 bits per heavy atom. The highest BCUT2D eigenvalue weighted by Crippen LogP contribution is 2.31. The predicted molar refractivity (Wildman–Crippen MR) is 73.1 cm³/mol. The zero-order valence-electron chi connectivity index (χ0n) is 11.2. The maximum atomic E-state index is 11.0. The molecule has 2 atom stereocenters. The molecule has 1 saturated heterocycles. The van der Waals surface area contributed by atoms with E-state index in [0.717, 1.165) is 12.8 Å². The summed E-state index contributed by atoms with van der Waals surface area (Å²) >= 11 is 0. The molecule has 4 nitrogen and oxygen atoms in total. The SMILES string of the molecule is C[C@@H]1CC(O)(CCCc2ccccc2)CN1C(=O)O. The van der Waals surface area contributed by atoms with Gasteiger partial charge in [-0.2, -0.15) is 0 Å². The minimum Gasteiger partial charge on any atom is -0.465 e. The zero-order valence-corrected chi connectivity index (χ0v) is 11.2. The molecule has 4 heteroatoms. The van der Waals surface area contributed by atoms with E-state index in [2.05, 4.69) is 12.1 Å². The lowest BCUT2D eigenvalue weighted by molar-refractivity contribution is 0.0387. The minimum atomic E-state index is -0.938. The normalized spacial score (nSPS) is 26.6. The van der Waals surface area contributed by atoms with Crippen LogP contribution in [0.4, 0.5) is 4.79 Å². The molecular weight excluding hydrogens is 242 g/mol. The van der Waals surface area contributed by atoms with Crippen LogP contribution in [0.25, 0.3) is 0 Å². The lowest BCUT2D eigenvalue weighted by atomic mass is 9.93. The van der Waals surface area contributed by atoms with Crippen molar-refractivity contribution in [2.24, 2.45) is 0 Å². The van der Waals surface area contributed by atoms with E-state index >= 15 is 0 Å². The van der Waals surface area contributed by atoms with E-state index in [1.54, 1.807) is 0 Å². The highest BCUT2D eigenvalue weighted by atomic mass is 16.4. The van der Waals surface area contributed by atoms with Gasteiger partial charge >= 0.3 is 6.09 Å². The Morgan fingerprint density at radius 1 is 1.42 bits per heavy atom. The summed E-state index contributed by atoms with van der Waals surface area (Å²) in [6.45, 7) is 2.08. The number of likely N-dealkylation sites (tertiary alicyclic amines) is 1. The smallest absolute Gasteiger partial charge is 0.407 e. The van der Waals surface area contributed by atoms with Gasteiger partial charge in [-0.1, -0.05) is 30.3 Å². The Bertz CT molecular complexity index is 434. The van der Waals surface area contributed by atoms with Gasteiger partial charge in [0.25, 0.3) is 0 Å². The van der Waals surface area contributed by atoms with Gasteiger partial charge in [0.2, 0.25) is 0 Å². The standard InChI is InChI=1S/C15H21NO3/c1-12-10-15(19,11-16(12)14(17)18)9-5-8-13-6-3-2-4-7-13/h2-4,6-7,12,19H,5,8-11H2,1H3,(H,17,18)/t12-,15?/m1/s1. The number of carboxylic acid groups (broad SMARTS) is 1. The molecule has 1 aromatic carbocycles. The van der Waals surface area contributed by atoms with E-state index < -0.39 is 11.7 Å². The molecule has 1 aliphatic rings. The fourth-order valence-electron chi connectivity index (χ4n) is 2.90. The van der Waals surface area contributed by atoms with E-state index in [9.17, 15) is 9.90 Å². The van der Waals surface area contributed by atoms with E-state index in [1.807, 2.05) is 25.1 Å². The topological polar surface area (TPSA) is 60.8 Å². The van der Waals surface area contributed by atoms with Crippen LogP contribution in [0.15, 0.2) is 30.3 Å². The number of rotatable bonds is 4. The third-order valence-electron chi connectivity index (χ3n) is 3.87. The van der Waals surface area contributed by atoms with Crippen LogP contribution in [0, 0.1) is 0 Å². The van der Waals surface area contributed by atoms with Crippen molar-refractivity contribution < 1.29 is 15.0 Å². The summed E-state index contributed by atoms with van der Waals surface area (Å²) in [6, 6.07) is 10.1. The molecule has 2 rings (SSSR count). The number of carbonyl (C=O) groups is 1. The second-order valence-corrected chi connectivity index (χ2v) is 5.53. The lowest BCUT2D eigenvalue weighted by Gasteiger charge is -2.22. The number of hydrogen-bond acceptors (Lipinski definition) is 2. The number of aliphatic hydroxyl groups is 1. The largest absolute Gasteiger partial charge is 0.465 e. The molecule has 0 aromatic heterocycles. The van der Waals surface area contributed by atoms with Crippen LogP contribution in [0.3, 0.4) is 0 Å². The summed E-state index contributed by atoms with van der Waals surface area (Å²) in [7, 11) is 0. The quantitative estimate of drug-likeness (QED) is 0.877. The van der Waals surface area contributed by atoms with Gasteiger partial charge in [-0.15, -0.1) is 0 Å². The van der Waals surface area contributed by atoms with Crippen LogP contribution < -0.4 is 0 Å². The van der Waals surface area contributed by atoms with Gasteiger partial charge in [0.15, 0.2) is 0 Å². The van der Waals surface area contributed by atoms with Gasteiger partial charge < -0.3 is 15.1 Å². The molecule has 0 aliphatic carbocycles. The van der Waals surface area contributed by atoms with Crippen molar-refractivity contribution in [1.82, 2.24) is 4.90 Å². The fourth-order valence-corrected chi connectivity index (χ4v) is 2.90. The van der Waals surface area contributed by atoms with Gasteiger partial charge in [-0.25, -0.2) is 4.79 Å². The Labute approximate surface area is 113 Å². The molecule has 0 saturated carbocycles. The van der Waals surface area contributed by atoms with E-state index in [-0.39, 0.29) is 12.6 Å². The minimum absolute atomic E-state index is 0.0979. The average Bonchev–Trinajstić information content (AvgIpc) is 2.67. The molecule has 1 aromatic rings. The van der Waals surface area contributed by atoms with Crippen LogP contribution in [-0.2, 0) is 6.42 Å². The molecule has 1 amide bonds. The van der Waals surface area contributed by atoms with Gasteiger partial charge in [0, 0.05) is 6.04 Å². The van der Waals surface area contributed by atoms with Gasteiger partial charge in [0.1, 0.15) is 0 Å². The third-order valence-corrected chi connectivity index (χ3v) is 3.87. The lowest BCUT2D eigenvalue weighted by Crippen LogP contribution is -2.36. The molecule has 1 unspecified atom stereocenters. The third kappa shape index (κ3) is 3.47. The van der Waals surface area contributed by atoms with Crippen molar-refractivity contribution in [1.29, 1.82) is 0 Å². The zero-order chi connectivity index (χ0) is 13.9. The Morgan fingerprint density at radius 3 is 2.68 bits per heavy atom. The summed E-state index contributed by atoms with van der Waals surface area (Å²) in [5, 5.41) is 19.5. The maximum Gasteiger partial charge on any atom is 0.407 e. The van der Waals surface area contributed by atoms with Gasteiger partial charge in [-0.3, -0.25) is 0 Å². The summed E-state index contributed by atoms with van der Waals surface area (Å²) in [4.78, 5) is 12.3. The second-order valence-electron chi connectivity index (χ2n) is 5.53. The molecule has 1 fully saturated rings. The molecule has 0 radical (unpaired) electrons.